The van der Waals surface area contributed by atoms with Crippen molar-refractivity contribution in [3.8, 4) is 0 Å². The Morgan fingerprint density at radius 2 is 2.29 bits per heavy atom. The topological polar surface area (TPSA) is 65.0 Å². The molecule has 0 aromatic carbocycles. The Bertz CT molecular complexity index is 142. The number of carbonyl (C=O) groups excluding carboxylic acids is 1. The van der Waals surface area contributed by atoms with Crippen LogP contribution in [0.15, 0.2) is 0 Å². The van der Waals surface area contributed by atoms with Gasteiger partial charge in [0, 0.05) is 6.92 Å². The zero-order chi connectivity index (χ0) is 10.8. The summed E-state index contributed by atoms with van der Waals surface area (Å²) >= 11 is 0. The van der Waals surface area contributed by atoms with E-state index in [4.69, 9.17) is 14.6 Å². The van der Waals surface area contributed by atoms with Gasteiger partial charge in [0.05, 0.1) is 33.0 Å². The smallest absolute Gasteiger partial charge is 0.302 e. The first-order chi connectivity index (χ1) is 6.70. The number of rotatable bonds is 2. The van der Waals surface area contributed by atoms with Crippen LogP contribution in [0, 0.1) is 0 Å². The Morgan fingerprint density at radius 1 is 1.57 bits per heavy atom. The van der Waals surface area contributed by atoms with Crippen molar-refractivity contribution >= 4 is 5.97 Å². The Morgan fingerprint density at radius 3 is 2.50 bits per heavy atom. The van der Waals surface area contributed by atoms with Gasteiger partial charge in [0.15, 0.2) is 0 Å². The van der Waals surface area contributed by atoms with Gasteiger partial charge in [0.2, 0.25) is 0 Å². The molecule has 5 heteroatoms. The lowest BCUT2D eigenvalue weighted by atomic mass is 10.4. The maximum Gasteiger partial charge on any atom is 0.302 e. The van der Waals surface area contributed by atoms with E-state index in [1.54, 1.807) is 6.92 Å². The summed E-state index contributed by atoms with van der Waals surface area (Å²) in [5.41, 5.74) is 0. The predicted octanol–water partition coefficient (Wildman–Crippen LogP) is -0.0365. The summed E-state index contributed by atoms with van der Waals surface area (Å²) in [5.74, 6) is -0.211. The van der Waals surface area contributed by atoms with Crippen LogP contribution in [0.2, 0.25) is 0 Å². The van der Waals surface area contributed by atoms with Crippen molar-refractivity contribution in [2.45, 2.75) is 20.0 Å². The number of aliphatic hydroxyl groups excluding tert-OH is 1. The molecular formula is C9H18O5. The maximum absolute atomic E-state index is 9.82. The summed E-state index contributed by atoms with van der Waals surface area (Å²) in [6, 6.07) is 0. The van der Waals surface area contributed by atoms with Crippen molar-refractivity contribution in [3.63, 3.8) is 0 Å². The minimum absolute atomic E-state index is 0.0694. The first kappa shape index (κ1) is 13.4. The van der Waals surface area contributed by atoms with Crippen LogP contribution in [0.5, 0.6) is 0 Å². The highest BCUT2D eigenvalue weighted by molar-refractivity contribution is 5.65. The third-order valence-electron chi connectivity index (χ3n) is 1.44. The summed E-state index contributed by atoms with van der Waals surface area (Å²) in [6.07, 6.45) is -0.0799. The van der Waals surface area contributed by atoms with Crippen LogP contribution in [-0.4, -0.2) is 50.2 Å². The zero-order valence-electron chi connectivity index (χ0n) is 8.69. The molecule has 0 bridgehead atoms. The average Bonchev–Trinajstić information content (AvgIpc) is 2.20. The number of ether oxygens (including phenoxy) is 3. The largest absolute Gasteiger partial charge is 0.466 e. The SMILES string of the molecule is CCOC(C)=O.OCC1COCCO1. The van der Waals surface area contributed by atoms with Gasteiger partial charge in [-0.25, -0.2) is 0 Å². The molecule has 1 atom stereocenters. The molecule has 0 aliphatic carbocycles. The molecule has 0 amide bonds. The molecule has 0 aromatic heterocycles. The van der Waals surface area contributed by atoms with Gasteiger partial charge < -0.3 is 19.3 Å². The second-order valence-electron chi connectivity index (χ2n) is 2.67. The van der Waals surface area contributed by atoms with Gasteiger partial charge in [-0.15, -0.1) is 0 Å². The summed E-state index contributed by atoms with van der Waals surface area (Å²) in [5, 5.41) is 8.49. The number of esters is 1. The third-order valence-corrected chi connectivity index (χ3v) is 1.44. The second kappa shape index (κ2) is 8.93. The van der Waals surface area contributed by atoms with Gasteiger partial charge in [-0.2, -0.15) is 0 Å². The second-order valence-corrected chi connectivity index (χ2v) is 2.67. The molecule has 14 heavy (non-hydrogen) atoms. The molecule has 0 spiro atoms. The Labute approximate surface area is 84.0 Å². The lowest BCUT2D eigenvalue weighted by Crippen LogP contribution is -2.31. The molecule has 0 aromatic rings. The van der Waals surface area contributed by atoms with E-state index in [1.165, 1.54) is 6.92 Å². The molecule has 84 valence electrons. The predicted molar refractivity (Wildman–Crippen MR) is 50.0 cm³/mol. The van der Waals surface area contributed by atoms with Crippen LogP contribution in [0.3, 0.4) is 0 Å². The van der Waals surface area contributed by atoms with Crippen LogP contribution in [-0.2, 0) is 19.0 Å². The summed E-state index contributed by atoms with van der Waals surface area (Å²) < 4.78 is 14.4. The molecule has 1 fully saturated rings. The van der Waals surface area contributed by atoms with Gasteiger partial charge in [0.25, 0.3) is 0 Å². The van der Waals surface area contributed by atoms with Crippen LogP contribution in [0.25, 0.3) is 0 Å². The number of hydrogen-bond donors (Lipinski definition) is 1. The molecule has 1 saturated heterocycles. The minimum Gasteiger partial charge on any atom is -0.466 e. The molecule has 1 aliphatic heterocycles. The van der Waals surface area contributed by atoms with Crippen LogP contribution < -0.4 is 0 Å². The van der Waals surface area contributed by atoms with Gasteiger partial charge in [-0.05, 0) is 6.92 Å². The van der Waals surface area contributed by atoms with Crippen molar-refractivity contribution in [3.05, 3.63) is 0 Å². The molecule has 1 unspecified atom stereocenters. The average molecular weight is 206 g/mol. The fraction of sp³-hybridized carbons (Fsp3) is 0.889. The highest BCUT2D eigenvalue weighted by Crippen LogP contribution is 1.97. The standard InChI is InChI=1S/C5H10O3.C4H8O2/c6-3-5-4-7-1-2-8-5;1-3-6-4(2)5/h5-6H,1-4H2;3H2,1-2H3. The fourth-order valence-electron chi connectivity index (χ4n) is 0.845. The molecule has 1 heterocycles. The van der Waals surface area contributed by atoms with Crippen molar-refractivity contribution in [1.82, 2.24) is 0 Å². The third kappa shape index (κ3) is 7.97. The highest BCUT2D eigenvalue weighted by atomic mass is 16.6. The van der Waals surface area contributed by atoms with Gasteiger partial charge in [-0.1, -0.05) is 0 Å². The highest BCUT2D eigenvalue weighted by Gasteiger charge is 2.11. The van der Waals surface area contributed by atoms with Crippen molar-refractivity contribution in [2.75, 3.05) is 33.0 Å². The van der Waals surface area contributed by atoms with E-state index in [0.717, 1.165) is 0 Å². The van der Waals surface area contributed by atoms with E-state index in [0.29, 0.717) is 26.4 Å². The van der Waals surface area contributed by atoms with Crippen LogP contribution in [0.4, 0.5) is 0 Å². The maximum atomic E-state index is 9.82. The Kier molecular flexibility index (Phi) is 8.51. The molecule has 0 saturated carbocycles. The molecule has 1 aliphatic rings. The first-order valence-corrected chi connectivity index (χ1v) is 4.64. The fourth-order valence-corrected chi connectivity index (χ4v) is 0.845. The molecule has 1 rings (SSSR count). The van der Waals surface area contributed by atoms with Crippen LogP contribution in [0.1, 0.15) is 13.8 Å². The molecule has 1 N–H and O–H groups in total. The van der Waals surface area contributed by atoms with Gasteiger partial charge in [0.1, 0.15) is 6.10 Å². The Hall–Kier alpha value is -0.650. The van der Waals surface area contributed by atoms with Gasteiger partial charge in [-0.3, -0.25) is 4.79 Å². The van der Waals surface area contributed by atoms with Crippen LogP contribution >= 0.6 is 0 Å². The van der Waals surface area contributed by atoms with E-state index >= 15 is 0 Å². The van der Waals surface area contributed by atoms with E-state index in [1.807, 2.05) is 0 Å². The van der Waals surface area contributed by atoms with Crippen molar-refractivity contribution in [2.24, 2.45) is 0 Å². The van der Waals surface area contributed by atoms with Crippen molar-refractivity contribution < 1.29 is 24.1 Å². The first-order valence-electron chi connectivity index (χ1n) is 4.64. The number of hydrogen-bond acceptors (Lipinski definition) is 5. The van der Waals surface area contributed by atoms with E-state index in [2.05, 4.69) is 4.74 Å². The normalized spacial score (nSPS) is 20.6. The molecule has 5 nitrogen and oxygen atoms in total. The number of carbonyl (C=O) groups is 1. The van der Waals surface area contributed by atoms with E-state index in [9.17, 15) is 4.79 Å². The Balaban J connectivity index is 0.000000255. The zero-order valence-corrected chi connectivity index (χ0v) is 8.69. The lowest BCUT2D eigenvalue weighted by Gasteiger charge is -2.20. The summed E-state index contributed by atoms with van der Waals surface area (Å²) in [4.78, 5) is 9.82. The van der Waals surface area contributed by atoms with Crippen molar-refractivity contribution in [1.29, 1.82) is 0 Å². The summed E-state index contributed by atoms with van der Waals surface area (Å²) in [7, 11) is 0. The monoisotopic (exact) mass is 206 g/mol. The van der Waals surface area contributed by atoms with E-state index in [-0.39, 0.29) is 18.7 Å². The minimum atomic E-state index is -0.211. The molecule has 0 radical (unpaired) electrons. The van der Waals surface area contributed by atoms with Gasteiger partial charge >= 0.3 is 5.97 Å². The lowest BCUT2D eigenvalue weighted by molar-refractivity contribution is -0.140. The van der Waals surface area contributed by atoms with E-state index < -0.39 is 0 Å². The number of aliphatic hydroxyl groups is 1. The quantitative estimate of drug-likeness (QED) is 0.642. The summed E-state index contributed by atoms with van der Waals surface area (Å²) in [6.45, 7) is 5.54. The molecular weight excluding hydrogens is 188 g/mol.